The molecule has 0 atom stereocenters. The van der Waals surface area contributed by atoms with E-state index in [1.54, 1.807) is 29.5 Å². The van der Waals surface area contributed by atoms with Crippen LogP contribution in [-0.2, 0) is 5.41 Å². The van der Waals surface area contributed by atoms with E-state index in [4.69, 9.17) is 5.73 Å². The van der Waals surface area contributed by atoms with Crippen LogP contribution in [0.1, 0.15) is 40.9 Å². The van der Waals surface area contributed by atoms with Crippen LogP contribution in [0.3, 0.4) is 0 Å². The molecule has 1 aromatic heterocycles. The number of ketones is 1. The van der Waals surface area contributed by atoms with Gasteiger partial charge in [0.05, 0.1) is 4.88 Å². The average Bonchev–Trinajstić information content (AvgIpc) is 2.81. The molecule has 0 aliphatic rings. The van der Waals surface area contributed by atoms with Gasteiger partial charge in [-0.3, -0.25) is 4.79 Å². The third-order valence-electron chi connectivity index (χ3n) is 2.83. The van der Waals surface area contributed by atoms with Gasteiger partial charge in [-0.15, -0.1) is 11.3 Å². The van der Waals surface area contributed by atoms with Crippen molar-refractivity contribution in [3.05, 3.63) is 50.1 Å². The Morgan fingerprint density at radius 2 is 1.89 bits per heavy atom. The molecule has 1 heterocycles. The highest BCUT2D eigenvalue weighted by Crippen LogP contribution is 2.31. The Kier molecular flexibility index (Phi) is 3.83. The molecule has 2 aromatic rings. The van der Waals surface area contributed by atoms with Crippen molar-refractivity contribution in [3.63, 3.8) is 0 Å². The normalized spacial score (nSPS) is 11.6. The molecule has 2 rings (SSSR count). The van der Waals surface area contributed by atoms with Crippen molar-refractivity contribution in [2.45, 2.75) is 26.2 Å². The smallest absolute Gasteiger partial charge is 0.203 e. The summed E-state index contributed by atoms with van der Waals surface area (Å²) in [6, 6.07) is 9.23. The molecular formula is C15H16BrNOS. The zero-order valence-electron chi connectivity index (χ0n) is 11.2. The maximum absolute atomic E-state index is 12.4. The molecule has 4 heteroatoms. The van der Waals surface area contributed by atoms with E-state index in [1.807, 2.05) is 12.1 Å². The van der Waals surface area contributed by atoms with Crippen molar-refractivity contribution < 1.29 is 4.79 Å². The van der Waals surface area contributed by atoms with Crippen LogP contribution in [-0.4, -0.2) is 5.78 Å². The monoisotopic (exact) mass is 337 g/mol. The van der Waals surface area contributed by atoms with Crippen LogP contribution in [0.5, 0.6) is 0 Å². The van der Waals surface area contributed by atoms with Crippen molar-refractivity contribution in [3.8, 4) is 0 Å². The number of hydrogen-bond donors (Lipinski definition) is 1. The molecule has 100 valence electrons. The largest absolute Gasteiger partial charge is 0.398 e. The summed E-state index contributed by atoms with van der Waals surface area (Å²) < 4.78 is 0.811. The van der Waals surface area contributed by atoms with E-state index in [9.17, 15) is 4.79 Å². The van der Waals surface area contributed by atoms with Crippen molar-refractivity contribution in [1.82, 2.24) is 0 Å². The SMILES string of the molecule is CC(C)(C)c1ccc(C(=O)c2ccc(Br)c(N)c2)s1. The second kappa shape index (κ2) is 5.10. The van der Waals surface area contributed by atoms with Gasteiger partial charge in [-0.05, 0) is 51.7 Å². The van der Waals surface area contributed by atoms with Crippen molar-refractivity contribution in [2.75, 3.05) is 5.73 Å². The number of benzene rings is 1. The lowest BCUT2D eigenvalue weighted by molar-refractivity contribution is 0.104. The molecule has 0 amide bonds. The summed E-state index contributed by atoms with van der Waals surface area (Å²) in [4.78, 5) is 14.4. The van der Waals surface area contributed by atoms with Crippen LogP contribution in [0.4, 0.5) is 5.69 Å². The lowest BCUT2D eigenvalue weighted by atomic mass is 9.95. The Morgan fingerprint density at radius 1 is 1.21 bits per heavy atom. The quantitative estimate of drug-likeness (QED) is 0.641. The van der Waals surface area contributed by atoms with Gasteiger partial charge in [0.15, 0.2) is 0 Å². The van der Waals surface area contributed by atoms with E-state index < -0.39 is 0 Å². The maximum Gasteiger partial charge on any atom is 0.203 e. The number of hydrogen-bond acceptors (Lipinski definition) is 3. The molecule has 0 unspecified atom stereocenters. The fourth-order valence-corrected chi connectivity index (χ4v) is 2.96. The van der Waals surface area contributed by atoms with Crippen LogP contribution in [0.25, 0.3) is 0 Å². The maximum atomic E-state index is 12.4. The number of anilines is 1. The van der Waals surface area contributed by atoms with Gasteiger partial charge >= 0.3 is 0 Å². The van der Waals surface area contributed by atoms with Gasteiger partial charge in [0, 0.05) is 20.6 Å². The minimum absolute atomic E-state index is 0.0275. The summed E-state index contributed by atoms with van der Waals surface area (Å²) in [7, 11) is 0. The molecular weight excluding hydrogens is 322 g/mol. The first-order valence-corrected chi connectivity index (χ1v) is 7.60. The zero-order valence-corrected chi connectivity index (χ0v) is 13.6. The lowest BCUT2D eigenvalue weighted by Crippen LogP contribution is -2.08. The third-order valence-corrected chi connectivity index (χ3v) is 5.06. The topological polar surface area (TPSA) is 43.1 Å². The molecule has 1 aromatic carbocycles. The Balaban J connectivity index is 2.34. The number of nitrogen functional groups attached to an aromatic ring is 1. The first-order chi connectivity index (χ1) is 8.79. The van der Waals surface area contributed by atoms with Crippen molar-refractivity contribution >= 4 is 38.7 Å². The highest BCUT2D eigenvalue weighted by Gasteiger charge is 2.19. The Hall–Kier alpha value is -1.13. The van der Waals surface area contributed by atoms with E-state index >= 15 is 0 Å². The molecule has 0 saturated heterocycles. The molecule has 19 heavy (non-hydrogen) atoms. The summed E-state index contributed by atoms with van der Waals surface area (Å²) in [5, 5.41) is 0. The number of halogens is 1. The zero-order chi connectivity index (χ0) is 14.2. The second-order valence-electron chi connectivity index (χ2n) is 5.48. The number of carbonyl (C=O) groups is 1. The van der Waals surface area contributed by atoms with Gasteiger partial charge in [0.2, 0.25) is 5.78 Å². The molecule has 0 bridgehead atoms. The van der Waals surface area contributed by atoms with Gasteiger partial charge in [0.25, 0.3) is 0 Å². The van der Waals surface area contributed by atoms with E-state index in [0.29, 0.717) is 11.3 Å². The third kappa shape index (κ3) is 3.07. The number of carbonyl (C=O) groups excluding carboxylic acids is 1. The van der Waals surface area contributed by atoms with Crippen LogP contribution in [0.15, 0.2) is 34.8 Å². The van der Waals surface area contributed by atoms with E-state index in [1.165, 1.54) is 4.88 Å². The fraction of sp³-hybridized carbons (Fsp3) is 0.267. The van der Waals surface area contributed by atoms with E-state index in [0.717, 1.165) is 9.35 Å². The Morgan fingerprint density at radius 3 is 2.42 bits per heavy atom. The molecule has 0 aliphatic heterocycles. The predicted molar refractivity (Wildman–Crippen MR) is 85.0 cm³/mol. The van der Waals surface area contributed by atoms with E-state index in [-0.39, 0.29) is 11.2 Å². The average molecular weight is 338 g/mol. The molecule has 2 N–H and O–H groups in total. The minimum atomic E-state index is 0.0275. The highest BCUT2D eigenvalue weighted by molar-refractivity contribution is 9.10. The van der Waals surface area contributed by atoms with Crippen molar-refractivity contribution in [1.29, 1.82) is 0 Å². The van der Waals surface area contributed by atoms with Crippen LogP contribution < -0.4 is 5.73 Å². The van der Waals surface area contributed by atoms with Gasteiger partial charge in [-0.25, -0.2) is 0 Å². The predicted octanol–water partition coefficient (Wildman–Crippen LogP) is 4.62. The molecule has 0 radical (unpaired) electrons. The highest BCUT2D eigenvalue weighted by atomic mass is 79.9. The van der Waals surface area contributed by atoms with Gasteiger partial charge < -0.3 is 5.73 Å². The van der Waals surface area contributed by atoms with Crippen molar-refractivity contribution in [2.24, 2.45) is 0 Å². The number of rotatable bonds is 2. The van der Waals surface area contributed by atoms with Gasteiger partial charge in [-0.1, -0.05) is 20.8 Å². The summed E-state index contributed by atoms with van der Waals surface area (Å²) >= 11 is 4.88. The minimum Gasteiger partial charge on any atom is -0.398 e. The molecule has 0 saturated carbocycles. The van der Waals surface area contributed by atoms with Gasteiger partial charge in [-0.2, -0.15) is 0 Å². The van der Waals surface area contributed by atoms with Crippen LogP contribution in [0.2, 0.25) is 0 Å². The summed E-state index contributed by atoms with van der Waals surface area (Å²) in [5.74, 6) is 0.0275. The standard InChI is InChI=1S/C15H16BrNOS/c1-15(2,3)13-7-6-12(19-13)14(18)9-4-5-10(16)11(17)8-9/h4-8H,17H2,1-3H3. The fourth-order valence-electron chi connectivity index (χ4n) is 1.69. The molecule has 0 spiro atoms. The van der Waals surface area contributed by atoms with Gasteiger partial charge in [0.1, 0.15) is 0 Å². The summed E-state index contributed by atoms with van der Waals surface area (Å²) in [5.41, 5.74) is 7.10. The van der Waals surface area contributed by atoms with E-state index in [2.05, 4.69) is 36.7 Å². The van der Waals surface area contributed by atoms with Crippen LogP contribution >= 0.6 is 27.3 Å². The lowest BCUT2D eigenvalue weighted by Gasteiger charge is -2.15. The molecule has 0 aliphatic carbocycles. The number of thiophene rings is 1. The Labute approximate surface area is 125 Å². The molecule has 0 fully saturated rings. The first-order valence-electron chi connectivity index (χ1n) is 5.99. The first kappa shape index (κ1) is 14.3. The second-order valence-corrected chi connectivity index (χ2v) is 7.42. The summed E-state index contributed by atoms with van der Waals surface area (Å²) in [6.07, 6.45) is 0. The summed E-state index contributed by atoms with van der Waals surface area (Å²) in [6.45, 7) is 6.43. The molecule has 2 nitrogen and oxygen atoms in total. The Bertz CT molecular complexity index is 625. The van der Waals surface area contributed by atoms with Crippen LogP contribution in [0, 0.1) is 0 Å². The number of nitrogens with two attached hydrogens (primary N) is 1.